The van der Waals surface area contributed by atoms with Crippen LogP contribution >= 0.6 is 38.5 Å². The first-order valence-corrected chi connectivity index (χ1v) is 8.68. The lowest BCUT2D eigenvalue weighted by Gasteiger charge is -2.26. The maximum atomic E-state index is 11.9. The van der Waals surface area contributed by atoms with Gasteiger partial charge in [0.05, 0.1) is 4.92 Å². The molecule has 1 N–H and O–H groups in total. The Kier molecular flexibility index (Phi) is 5.32. The minimum Gasteiger partial charge on any atom is -0.385 e. The Labute approximate surface area is 132 Å². The molecule has 0 saturated carbocycles. The quantitative estimate of drug-likeness (QED) is 0.313. The average Bonchev–Trinajstić information content (AvgIpc) is 2.37. The molecule has 1 rings (SSSR count). The molecule has 1 aromatic rings. The minimum atomic E-state index is -3.59. The molecule has 0 saturated heterocycles. The van der Waals surface area contributed by atoms with E-state index >= 15 is 0 Å². The highest BCUT2D eigenvalue weighted by atomic mass is 127. The number of halogens is 2. The maximum Gasteiger partial charge on any atom is 0.269 e. The average molecular weight is 464 g/mol. The first kappa shape index (κ1) is 16.8. The summed E-state index contributed by atoms with van der Waals surface area (Å²) in [5.41, 5.74) is -0.0392. The number of aliphatic hydroxyl groups is 1. The van der Waals surface area contributed by atoms with Crippen LogP contribution in [0.4, 0.5) is 5.69 Å². The third kappa shape index (κ3) is 3.44. The predicted octanol–water partition coefficient (Wildman–Crippen LogP) is 2.55. The van der Waals surface area contributed by atoms with Gasteiger partial charge in [-0.15, -0.1) is 0 Å². The molecular formula is C10H11BrINO5S. The van der Waals surface area contributed by atoms with Crippen LogP contribution in [0.5, 0.6) is 0 Å². The van der Waals surface area contributed by atoms with Crippen molar-refractivity contribution >= 4 is 54.0 Å². The molecular weight excluding hydrogens is 453 g/mol. The first-order chi connectivity index (χ1) is 8.63. The van der Waals surface area contributed by atoms with Gasteiger partial charge in [-0.3, -0.25) is 10.1 Å². The van der Waals surface area contributed by atoms with E-state index in [9.17, 15) is 23.6 Å². The Hall–Kier alpha value is -0.260. The van der Waals surface area contributed by atoms with Gasteiger partial charge in [-0.2, -0.15) is 0 Å². The molecule has 0 amide bonds. The highest BCUT2D eigenvalue weighted by Gasteiger charge is 2.45. The number of benzene rings is 1. The topological polar surface area (TPSA) is 97.5 Å². The van der Waals surface area contributed by atoms with Crippen molar-refractivity contribution < 1.29 is 18.4 Å². The minimum absolute atomic E-state index is 0.160. The number of nitrogens with zero attached hydrogens (tertiary/aromatic N) is 1. The zero-order valence-electron chi connectivity index (χ0n) is 9.79. The van der Waals surface area contributed by atoms with Gasteiger partial charge in [-0.05, 0) is 28.2 Å². The number of sulfone groups is 1. The molecule has 0 aliphatic carbocycles. The highest BCUT2D eigenvalue weighted by molar-refractivity contribution is 14.1. The maximum absolute atomic E-state index is 11.9. The smallest absolute Gasteiger partial charge is 0.269 e. The number of aliphatic hydroxyl groups excluding tert-OH is 1. The molecule has 0 aromatic heterocycles. The Bertz CT molecular complexity index is 589. The molecule has 6 nitrogen and oxygen atoms in total. The molecule has 0 aliphatic heterocycles. The number of alkyl halides is 2. The van der Waals surface area contributed by atoms with Crippen LogP contribution in [0.2, 0.25) is 0 Å². The third-order valence-corrected chi connectivity index (χ3v) is 8.84. The van der Waals surface area contributed by atoms with Crippen molar-refractivity contribution in [2.75, 3.05) is 5.75 Å². The molecule has 9 heteroatoms. The third-order valence-electron chi connectivity index (χ3n) is 2.51. The SMILES string of the molecule is CCS(=O)(=O)[C@](Br)(I)[C@@H](O)c1cccc([N+](=O)[O-])c1. The van der Waals surface area contributed by atoms with Crippen LogP contribution in [0.1, 0.15) is 18.6 Å². The van der Waals surface area contributed by atoms with Gasteiger partial charge in [0.1, 0.15) is 6.10 Å². The highest BCUT2D eigenvalue weighted by Crippen LogP contribution is 2.45. The number of non-ortho nitro benzene ring substituents is 1. The van der Waals surface area contributed by atoms with Crippen LogP contribution in [-0.2, 0) is 9.84 Å². The molecule has 0 aliphatic rings. The second-order valence-corrected chi connectivity index (χ2v) is 11.9. The molecule has 0 heterocycles. The van der Waals surface area contributed by atoms with Gasteiger partial charge < -0.3 is 5.11 Å². The second-order valence-electron chi connectivity index (χ2n) is 3.72. The fraction of sp³-hybridized carbons (Fsp3) is 0.400. The van der Waals surface area contributed by atoms with Gasteiger partial charge in [0.2, 0.25) is 1.66 Å². The van der Waals surface area contributed by atoms with Crippen molar-refractivity contribution in [3.63, 3.8) is 0 Å². The van der Waals surface area contributed by atoms with E-state index in [-0.39, 0.29) is 17.0 Å². The lowest BCUT2D eigenvalue weighted by molar-refractivity contribution is -0.385. The molecule has 2 atom stereocenters. The van der Waals surface area contributed by atoms with Crippen molar-refractivity contribution in [3.05, 3.63) is 39.9 Å². The molecule has 0 unspecified atom stereocenters. The van der Waals surface area contributed by atoms with Crippen molar-refractivity contribution in [2.24, 2.45) is 0 Å². The fourth-order valence-corrected chi connectivity index (χ4v) is 4.47. The fourth-order valence-electron chi connectivity index (χ4n) is 1.36. The number of hydrogen-bond acceptors (Lipinski definition) is 5. The van der Waals surface area contributed by atoms with E-state index in [0.717, 1.165) is 6.07 Å². The Morgan fingerprint density at radius 2 is 2.16 bits per heavy atom. The van der Waals surface area contributed by atoms with E-state index in [4.69, 9.17) is 0 Å². The summed E-state index contributed by atoms with van der Waals surface area (Å²) in [6.45, 7) is 1.46. The van der Waals surface area contributed by atoms with Gasteiger partial charge in [-0.1, -0.05) is 35.0 Å². The van der Waals surface area contributed by atoms with Crippen molar-refractivity contribution in [1.82, 2.24) is 0 Å². The monoisotopic (exact) mass is 463 g/mol. The zero-order chi connectivity index (χ0) is 14.8. The van der Waals surface area contributed by atoms with Crippen molar-refractivity contribution in [2.45, 2.75) is 14.7 Å². The van der Waals surface area contributed by atoms with Crippen LogP contribution < -0.4 is 0 Å². The van der Waals surface area contributed by atoms with E-state index in [2.05, 4.69) is 15.9 Å². The number of nitro groups is 1. The molecule has 0 spiro atoms. The normalized spacial score (nSPS) is 16.6. The molecule has 0 bridgehead atoms. The van der Waals surface area contributed by atoms with Crippen LogP contribution in [-0.4, -0.2) is 25.9 Å². The van der Waals surface area contributed by atoms with E-state index in [1.807, 2.05) is 0 Å². The Balaban J connectivity index is 3.24. The van der Waals surface area contributed by atoms with Crippen LogP contribution in [0.3, 0.4) is 0 Å². The standard InChI is InChI=1S/C10H11BrINO5S/c1-2-19(17,18)10(11,12)9(14)7-4-3-5-8(6-7)13(15)16/h3-6,9,14H,2H2,1H3/t9-,10+/m0/s1. The zero-order valence-corrected chi connectivity index (χ0v) is 14.3. The summed E-state index contributed by atoms with van der Waals surface area (Å²) in [6, 6.07) is 5.27. The molecule has 0 radical (unpaired) electrons. The van der Waals surface area contributed by atoms with E-state index in [0.29, 0.717) is 0 Å². The lowest BCUT2D eigenvalue weighted by atomic mass is 10.1. The van der Waals surface area contributed by atoms with Crippen LogP contribution in [0, 0.1) is 10.1 Å². The summed E-state index contributed by atoms with van der Waals surface area (Å²) in [4.78, 5) is 10.1. The second kappa shape index (κ2) is 6.02. The number of rotatable bonds is 5. The summed E-state index contributed by atoms with van der Waals surface area (Å²) in [5.74, 6) is -0.160. The van der Waals surface area contributed by atoms with Gasteiger partial charge in [0.25, 0.3) is 5.69 Å². The summed E-state index contributed by atoms with van der Waals surface area (Å²) >= 11 is 4.59. The molecule has 19 heavy (non-hydrogen) atoms. The van der Waals surface area contributed by atoms with Gasteiger partial charge in [0, 0.05) is 17.9 Å². The van der Waals surface area contributed by atoms with Gasteiger partial charge in [0.15, 0.2) is 9.84 Å². The van der Waals surface area contributed by atoms with E-state index in [1.165, 1.54) is 25.1 Å². The molecule has 0 fully saturated rings. The molecule has 1 aromatic carbocycles. The van der Waals surface area contributed by atoms with E-state index in [1.54, 1.807) is 22.6 Å². The summed E-state index contributed by atoms with van der Waals surface area (Å²) in [5, 5.41) is 20.8. The largest absolute Gasteiger partial charge is 0.385 e. The van der Waals surface area contributed by atoms with Gasteiger partial charge >= 0.3 is 0 Å². The summed E-state index contributed by atoms with van der Waals surface area (Å²) in [7, 11) is -3.59. The van der Waals surface area contributed by atoms with Crippen molar-refractivity contribution in [1.29, 1.82) is 0 Å². The van der Waals surface area contributed by atoms with E-state index < -0.39 is 22.5 Å². The number of hydrogen-bond donors (Lipinski definition) is 1. The Morgan fingerprint density at radius 1 is 1.58 bits per heavy atom. The van der Waals surface area contributed by atoms with Crippen LogP contribution in [0.15, 0.2) is 24.3 Å². The predicted molar refractivity (Wildman–Crippen MR) is 83.2 cm³/mol. The summed E-state index contributed by atoms with van der Waals surface area (Å²) in [6.07, 6.45) is -1.42. The summed E-state index contributed by atoms with van der Waals surface area (Å²) < 4.78 is 22.2. The lowest BCUT2D eigenvalue weighted by Crippen LogP contribution is -2.33. The van der Waals surface area contributed by atoms with Gasteiger partial charge in [-0.25, -0.2) is 8.42 Å². The number of nitro benzene ring substituents is 1. The van der Waals surface area contributed by atoms with Crippen LogP contribution in [0.25, 0.3) is 0 Å². The van der Waals surface area contributed by atoms with Crippen molar-refractivity contribution in [3.8, 4) is 0 Å². The Morgan fingerprint density at radius 3 is 2.63 bits per heavy atom. The first-order valence-electron chi connectivity index (χ1n) is 5.16. The molecule has 106 valence electrons.